The zero-order valence-electron chi connectivity index (χ0n) is 16.0. The number of hydrogen-bond acceptors (Lipinski definition) is 7. The number of likely N-dealkylation sites (N-methyl/N-ethyl adjacent to an activating group) is 1. The molecule has 1 saturated heterocycles. The quantitative estimate of drug-likeness (QED) is 0.705. The van der Waals surface area contributed by atoms with Crippen LogP contribution in [-0.4, -0.2) is 84.8 Å². The van der Waals surface area contributed by atoms with E-state index in [0.717, 1.165) is 36.8 Å². The molecule has 3 rings (SSSR count). The first-order valence-electron chi connectivity index (χ1n) is 9.45. The zero-order valence-corrected chi connectivity index (χ0v) is 17.6. The lowest BCUT2D eigenvalue weighted by Crippen LogP contribution is -2.64. The zero-order chi connectivity index (χ0) is 19.6. The van der Waals surface area contributed by atoms with E-state index in [9.17, 15) is 10.2 Å². The van der Waals surface area contributed by atoms with Crippen molar-refractivity contribution in [2.45, 2.75) is 48.5 Å². The Bertz CT molecular complexity index is 634. The number of benzene rings is 1. The number of methoxy groups -OCH3 is 1. The number of aliphatic hydroxyl groups excluding tert-OH is 2. The van der Waals surface area contributed by atoms with Crippen molar-refractivity contribution in [1.29, 1.82) is 0 Å². The molecule has 0 bridgehead atoms. The lowest BCUT2D eigenvalue weighted by atomic mass is 9.99. The summed E-state index contributed by atoms with van der Waals surface area (Å²) in [4.78, 5) is 5.57. The number of fused-ring (bicyclic) bond motifs is 2. The molecule has 0 spiro atoms. The molecule has 0 amide bonds. The van der Waals surface area contributed by atoms with Gasteiger partial charge in [-0.2, -0.15) is 0 Å². The van der Waals surface area contributed by atoms with Crippen molar-refractivity contribution in [1.82, 2.24) is 4.90 Å². The lowest BCUT2D eigenvalue weighted by molar-refractivity contribution is -0.178. The number of hydrogen-bond donors (Lipinski definition) is 2. The molecular weight excluding hydrogens is 388 g/mol. The van der Waals surface area contributed by atoms with Crippen LogP contribution in [0, 0.1) is 0 Å². The summed E-state index contributed by atoms with van der Waals surface area (Å²) in [5, 5.41) is 21.6. The topological polar surface area (TPSA) is 65.4 Å². The van der Waals surface area contributed by atoms with Crippen LogP contribution in [0.3, 0.4) is 0 Å². The van der Waals surface area contributed by atoms with Gasteiger partial charge in [-0.05, 0) is 31.3 Å². The van der Waals surface area contributed by atoms with Gasteiger partial charge in [0.1, 0.15) is 18.4 Å². The van der Waals surface area contributed by atoms with Crippen molar-refractivity contribution in [3.8, 4) is 0 Å². The molecule has 0 aromatic heterocycles. The van der Waals surface area contributed by atoms with E-state index < -0.39 is 18.3 Å². The molecule has 0 radical (unpaired) electrons. The maximum Gasteiger partial charge on any atom is 0.145 e. The summed E-state index contributed by atoms with van der Waals surface area (Å²) in [6.45, 7) is 8.11. The van der Waals surface area contributed by atoms with Gasteiger partial charge in [0.15, 0.2) is 0 Å². The van der Waals surface area contributed by atoms with E-state index in [0.29, 0.717) is 5.02 Å². The third-order valence-corrected chi connectivity index (χ3v) is 6.96. The van der Waals surface area contributed by atoms with Crippen LogP contribution in [0.25, 0.3) is 0 Å². The highest BCUT2D eigenvalue weighted by Gasteiger charge is 2.49. The molecule has 2 aliphatic rings. The second kappa shape index (κ2) is 9.31. The SMILES string of the molecule is CCN(CC)CCN1c2cc(Cl)ccc2S[C@H]2[C@@H](O)[C@H](O)[C@@H](COC)O[C@H]21. The van der Waals surface area contributed by atoms with Crippen LogP contribution in [0.1, 0.15) is 13.8 Å². The van der Waals surface area contributed by atoms with Gasteiger partial charge in [0.2, 0.25) is 0 Å². The Morgan fingerprint density at radius 1 is 1.26 bits per heavy atom. The third-order valence-electron chi connectivity index (χ3n) is 5.35. The van der Waals surface area contributed by atoms with Gasteiger partial charge in [-0.3, -0.25) is 0 Å². The Kier molecular flexibility index (Phi) is 7.30. The summed E-state index contributed by atoms with van der Waals surface area (Å²) in [7, 11) is 1.57. The number of thioether (sulfide) groups is 1. The van der Waals surface area contributed by atoms with Crippen molar-refractivity contribution in [2.24, 2.45) is 0 Å². The number of halogens is 1. The number of anilines is 1. The predicted molar refractivity (Wildman–Crippen MR) is 109 cm³/mol. The smallest absolute Gasteiger partial charge is 0.145 e. The van der Waals surface area contributed by atoms with Crippen LogP contribution in [0.15, 0.2) is 23.1 Å². The summed E-state index contributed by atoms with van der Waals surface area (Å²) < 4.78 is 11.4. The third kappa shape index (κ3) is 4.40. The minimum absolute atomic E-state index is 0.235. The Labute approximate surface area is 170 Å². The monoisotopic (exact) mass is 416 g/mol. The maximum absolute atomic E-state index is 10.8. The van der Waals surface area contributed by atoms with E-state index in [-0.39, 0.29) is 18.1 Å². The fourth-order valence-electron chi connectivity index (χ4n) is 3.74. The number of rotatable bonds is 7. The largest absolute Gasteiger partial charge is 0.389 e. The van der Waals surface area contributed by atoms with E-state index in [4.69, 9.17) is 21.1 Å². The normalized spacial score (nSPS) is 30.3. The van der Waals surface area contributed by atoms with Crippen LogP contribution in [0.5, 0.6) is 0 Å². The van der Waals surface area contributed by atoms with E-state index >= 15 is 0 Å². The molecule has 5 atom stereocenters. The Morgan fingerprint density at radius 3 is 2.67 bits per heavy atom. The highest BCUT2D eigenvalue weighted by Crippen LogP contribution is 2.46. The van der Waals surface area contributed by atoms with Crippen LogP contribution >= 0.6 is 23.4 Å². The van der Waals surface area contributed by atoms with Crippen LogP contribution in [-0.2, 0) is 9.47 Å². The van der Waals surface area contributed by atoms with E-state index in [2.05, 4.69) is 23.6 Å². The molecule has 1 fully saturated rings. The minimum Gasteiger partial charge on any atom is -0.389 e. The summed E-state index contributed by atoms with van der Waals surface area (Å²) in [5.41, 5.74) is 1.01. The van der Waals surface area contributed by atoms with Gasteiger partial charge >= 0.3 is 0 Å². The molecular formula is C19H29ClN2O4S. The van der Waals surface area contributed by atoms with Gasteiger partial charge in [-0.1, -0.05) is 25.4 Å². The fraction of sp³-hybridized carbons (Fsp3) is 0.684. The standard InChI is InChI=1S/C19H29ClN2O4S/c1-4-21(5-2)8-9-22-13-10-12(20)6-7-15(13)27-18-17(24)16(23)14(11-25-3)26-19(18)22/h6-7,10,14,16-19,23-24H,4-5,8-9,11H2,1-3H3/t14-,16-,17+,18+,19-/m1/s1. The Balaban J connectivity index is 1.92. The average molecular weight is 417 g/mol. The van der Waals surface area contributed by atoms with E-state index in [1.165, 1.54) is 0 Å². The van der Waals surface area contributed by atoms with Crippen molar-refractivity contribution in [3.63, 3.8) is 0 Å². The van der Waals surface area contributed by atoms with E-state index in [1.807, 2.05) is 18.2 Å². The van der Waals surface area contributed by atoms with Crippen LogP contribution in [0.4, 0.5) is 5.69 Å². The summed E-state index contributed by atoms with van der Waals surface area (Å²) in [5.74, 6) is 0. The van der Waals surface area contributed by atoms with Crippen LogP contribution < -0.4 is 4.90 Å². The molecule has 27 heavy (non-hydrogen) atoms. The predicted octanol–water partition coefficient (Wildman–Crippen LogP) is 2.06. The van der Waals surface area contributed by atoms with Crippen molar-refractivity contribution < 1.29 is 19.7 Å². The number of aliphatic hydroxyl groups is 2. The summed E-state index contributed by atoms with van der Waals surface area (Å²) in [6, 6.07) is 5.79. The lowest BCUT2D eigenvalue weighted by Gasteiger charge is -2.50. The number of ether oxygens (including phenoxy) is 2. The first-order valence-corrected chi connectivity index (χ1v) is 10.7. The van der Waals surface area contributed by atoms with Crippen molar-refractivity contribution in [2.75, 3.05) is 44.8 Å². The van der Waals surface area contributed by atoms with Gasteiger partial charge in [-0.15, -0.1) is 11.8 Å². The first-order chi connectivity index (χ1) is 13.0. The summed E-state index contributed by atoms with van der Waals surface area (Å²) >= 11 is 7.81. The highest BCUT2D eigenvalue weighted by molar-refractivity contribution is 8.00. The molecule has 6 nitrogen and oxygen atoms in total. The van der Waals surface area contributed by atoms with Gasteiger partial charge in [0.25, 0.3) is 0 Å². The fourth-order valence-corrected chi connectivity index (χ4v) is 5.27. The molecule has 0 saturated carbocycles. The van der Waals surface area contributed by atoms with Crippen molar-refractivity contribution >= 4 is 29.1 Å². The summed E-state index contributed by atoms with van der Waals surface area (Å²) in [6.07, 6.45) is -2.79. The Hall–Kier alpha value is -0.540. The van der Waals surface area contributed by atoms with Gasteiger partial charge < -0.3 is 29.5 Å². The maximum atomic E-state index is 10.8. The molecule has 2 heterocycles. The van der Waals surface area contributed by atoms with Crippen molar-refractivity contribution in [3.05, 3.63) is 23.2 Å². The highest BCUT2D eigenvalue weighted by atomic mass is 35.5. The van der Waals surface area contributed by atoms with Gasteiger partial charge in [-0.25, -0.2) is 0 Å². The molecule has 2 N–H and O–H groups in total. The molecule has 0 aliphatic carbocycles. The Morgan fingerprint density at radius 2 is 2.00 bits per heavy atom. The van der Waals surface area contributed by atoms with Crippen LogP contribution in [0.2, 0.25) is 5.02 Å². The van der Waals surface area contributed by atoms with Gasteiger partial charge in [0.05, 0.1) is 23.6 Å². The number of nitrogens with zero attached hydrogens (tertiary/aromatic N) is 2. The minimum atomic E-state index is -0.975. The molecule has 1 aromatic rings. The first kappa shape index (κ1) is 21.2. The molecule has 0 unspecified atom stereocenters. The molecule has 152 valence electrons. The second-order valence-corrected chi connectivity index (χ2v) is 8.57. The molecule has 1 aromatic carbocycles. The second-order valence-electron chi connectivity index (χ2n) is 6.92. The molecule has 8 heteroatoms. The average Bonchev–Trinajstić information content (AvgIpc) is 2.67. The van der Waals surface area contributed by atoms with Gasteiger partial charge in [0, 0.05) is 30.1 Å². The van der Waals surface area contributed by atoms with E-state index in [1.54, 1.807) is 18.9 Å². The molecule has 2 aliphatic heterocycles.